The van der Waals surface area contributed by atoms with Crippen LogP contribution in [-0.4, -0.2) is 17.8 Å². The summed E-state index contributed by atoms with van der Waals surface area (Å²) in [6.07, 6.45) is -0.0587. The van der Waals surface area contributed by atoms with E-state index in [2.05, 4.69) is 0 Å². The molecule has 0 heterocycles. The van der Waals surface area contributed by atoms with Crippen LogP contribution in [0.3, 0.4) is 0 Å². The average Bonchev–Trinajstić information content (AvgIpc) is 2.28. The zero-order valence-electron chi connectivity index (χ0n) is 10.1. The fourth-order valence-electron chi connectivity index (χ4n) is 1.77. The largest absolute Gasteiger partial charge is 0.386 e. The lowest BCUT2D eigenvalue weighted by atomic mass is 10.0. The molecule has 17 heavy (non-hydrogen) atoms. The van der Waals surface area contributed by atoms with Gasteiger partial charge in [0.2, 0.25) is 0 Å². The van der Waals surface area contributed by atoms with Gasteiger partial charge >= 0.3 is 0 Å². The lowest BCUT2D eigenvalue weighted by Gasteiger charge is -2.23. The van der Waals surface area contributed by atoms with Crippen molar-refractivity contribution in [1.82, 2.24) is 0 Å². The number of benzene rings is 1. The van der Waals surface area contributed by atoms with Crippen LogP contribution in [0.25, 0.3) is 0 Å². The van der Waals surface area contributed by atoms with Gasteiger partial charge < -0.3 is 9.84 Å². The van der Waals surface area contributed by atoms with E-state index >= 15 is 0 Å². The van der Waals surface area contributed by atoms with Crippen molar-refractivity contribution in [2.24, 2.45) is 0 Å². The third-order valence-electron chi connectivity index (χ3n) is 2.59. The summed E-state index contributed by atoms with van der Waals surface area (Å²) in [4.78, 5) is 0. The van der Waals surface area contributed by atoms with E-state index in [1.807, 2.05) is 13.8 Å². The highest BCUT2D eigenvalue weighted by Crippen LogP contribution is 2.25. The molecule has 1 N–H and O–H groups in total. The second kappa shape index (κ2) is 6.67. The molecular formula is C13H18F2O2. The predicted octanol–water partition coefficient (Wildman–Crippen LogP) is 3.20. The fraction of sp³-hybridized carbons (Fsp3) is 0.538. The Morgan fingerprint density at radius 2 is 2.00 bits per heavy atom. The van der Waals surface area contributed by atoms with E-state index in [1.165, 1.54) is 6.07 Å². The van der Waals surface area contributed by atoms with Gasteiger partial charge in [0.15, 0.2) is 0 Å². The SMILES string of the molecule is CCCC(OCC)C(O)c1ccc(F)cc1F. The van der Waals surface area contributed by atoms with Crippen molar-refractivity contribution < 1.29 is 18.6 Å². The summed E-state index contributed by atoms with van der Waals surface area (Å²) in [5.74, 6) is -1.39. The third kappa shape index (κ3) is 3.75. The molecule has 0 radical (unpaired) electrons. The van der Waals surface area contributed by atoms with E-state index < -0.39 is 23.8 Å². The van der Waals surface area contributed by atoms with Crippen LogP contribution in [0.4, 0.5) is 8.78 Å². The summed E-state index contributed by atoms with van der Waals surface area (Å²) in [6.45, 7) is 4.22. The Morgan fingerprint density at radius 1 is 1.29 bits per heavy atom. The van der Waals surface area contributed by atoms with Crippen LogP contribution in [0.5, 0.6) is 0 Å². The predicted molar refractivity (Wildman–Crippen MR) is 61.6 cm³/mol. The highest BCUT2D eigenvalue weighted by Gasteiger charge is 2.23. The van der Waals surface area contributed by atoms with Gasteiger partial charge in [-0.15, -0.1) is 0 Å². The first-order valence-electron chi connectivity index (χ1n) is 5.84. The molecule has 0 spiro atoms. The standard InChI is InChI=1S/C13H18F2O2/c1-3-5-12(17-4-2)13(16)10-7-6-9(14)8-11(10)15/h6-8,12-13,16H,3-5H2,1-2H3. The maximum absolute atomic E-state index is 13.5. The number of hydrogen-bond donors (Lipinski definition) is 1. The maximum atomic E-state index is 13.5. The van der Waals surface area contributed by atoms with Crippen LogP contribution < -0.4 is 0 Å². The molecule has 96 valence electrons. The normalized spacial score (nSPS) is 14.6. The van der Waals surface area contributed by atoms with Crippen molar-refractivity contribution in [3.8, 4) is 0 Å². The monoisotopic (exact) mass is 244 g/mol. The molecular weight excluding hydrogens is 226 g/mol. The molecule has 2 unspecified atom stereocenters. The summed E-state index contributed by atoms with van der Waals surface area (Å²) in [5.41, 5.74) is 0.0818. The van der Waals surface area contributed by atoms with Gasteiger partial charge in [0.25, 0.3) is 0 Å². The third-order valence-corrected chi connectivity index (χ3v) is 2.59. The number of halogens is 2. The summed E-state index contributed by atoms with van der Waals surface area (Å²) < 4.78 is 31.6. The van der Waals surface area contributed by atoms with Crippen molar-refractivity contribution in [2.45, 2.75) is 38.9 Å². The molecule has 1 rings (SSSR count). The molecule has 1 aromatic carbocycles. The van der Waals surface area contributed by atoms with E-state index in [0.29, 0.717) is 13.0 Å². The summed E-state index contributed by atoms with van der Waals surface area (Å²) in [5, 5.41) is 10.0. The van der Waals surface area contributed by atoms with Crippen molar-refractivity contribution in [2.75, 3.05) is 6.61 Å². The van der Waals surface area contributed by atoms with Gasteiger partial charge in [-0.05, 0) is 19.4 Å². The van der Waals surface area contributed by atoms with Crippen LogP contribution in [0.1, 0.15) is 38.4 Å². The Kier molecular flexibility index (Phi) is 5.51. The molecule has 0 aliphatic rings. The van der Waals surface area contributed by atoms with Gasteiger partial charge in [-0.2, -0.15) is 0 Å². The van der Waals surface area contributed by atoms with Gasteiger partial charge in [0.05, 0.1) is 6.10 Å². The summed E-state index contributed by atoms with van der Waals surface area (Å²) >= 11 is 0. The second-order valence-corrected chi connectivity index (χ2v) is 3.89. The molecule has 2 atom stereocenters. The minimum Gasteiger partial charge on any atom is -0.386 e. The molecule has 2 nitrogen and oxygen atoms in total. The number of ether oxygens (including phenoxy) is 1. The van der Waals surface area contributed by atoms with Crippen molar-refractivity contribution in [3.05, 3.63) is 35.4 Å². The van der Waals surface area contributed by atoms with E-state index in [9.17, 15) is 13.9 Å². The zero-order valence-corrected chi connectivity index (χ0v) is 10.1. The number of aliphatic hydroxyl groups is 1. The van der Waals surface area contributed by atoms with Crippen LogP contribution in [0.2, 0.25) is 0 Å². The van der Waals surface area contributed by atoms with Crippen molar-refractivity contribution in [3.63, 3.8) is 0 Å². The molecule has 0 fully saturated rings. The van der Waals surface area contributed by atoms with Gasteiger partial charge in [0, 0.05) is 18.2 Å². The smallest absolute Gasteiger partial charge is 0.132 e. The van der Waals surface area contributed by atoms with Crippen molar-refractivity contribution >= 4 is 0 Å². The second-order valence-electron chi connectivity index (χ2n) is 3.89. The van der Waals surface area contributed by atoms with Crippen LogP contribution in [0.15, 0.2) is 18.2 Å². The highest BCUT2D eigenvalue weighted by molar-refractivity contribution is 5.21. The Balaban J connectivity index is 2.88. The minimum atomic E-state index is -1.06. The van der Waals surface area contributed by atoms with E-state index in [0.717, 1.165) is 18.6 Å². The lowest BCUT2D eigenvalue weighted by molar-refractivity contribution is -0.0398. The molecule has 0 saturated heterocycles. The average molecular weight is 244 g/mol. The topological polar surface area (TPSA) is 29.5 Å². The van der Waals surface area contributed by atoms with Gasteiger partial charge in [-0.25, -0.2) is 8.78 Å². The Morgan fingerprint density at radius 3 is 2.53 bits per heavy atom. The van der Waals surface area contributed by atoms with Crippen molar-refractivity contribution in [1.29, 1.82) is 0 Å². The van der Waals surface area contributed by atoms with E-state index in [-0.39, 0.29) is 5.56 Å². The van der Waals surface area contributed by atoms with Crippen LogP contribution >= 0.6 is 0 Å². The van der Waals surface area contributed by atoms with Crippen LogP contribution in [0, 0.1) is 11.6 Å². The molecule has 0 aliphatic carbocycles. The molecule has 0 bridgehead atoms. The maximum Gasteiger partial charge on any atom is 0.132 e. The molecule has 0 aliphatic heterocycles. The van der Waals surface area contributed by atoms with E-state index in [4.69, 9.17) is 4.74 Å². The molecule has 4 heteroatoms. The number of aliphatic hydroxyl groups excluding tert-OH is 1. The quantitative estimate of drug-likeness (QED) is 0.832. The molecule has 0 saturated carbocycles. The Hall–Kier alpha value is -1.00. The number of rotatable bonds is 6. The molecule has 0 amide bonds. The van der Waals surface area contributed by atoms with E-state index in [1.54, 1.807) is 0 Å². The zero-order chi connectivity index (χ0) is 12.8. The van der Waals surface area contributed by atoms with Crippen LogP contribution in [-0.2, 0) is 4.74 Å². The molecule has 0 aromatic heterocycles. The summed E-state index contributed by atoms with van der Waals surface area (Å²) in [6, 6.07) is 3.17. The molecule has 1 aromatic rings. The lowest BCUT2D eigenvalue weighted by Crippen LogP contribution is -2.23. The highest BCUT2D eigenvalue weighted by atomic mass is 19.1. The first-order valence-corrected chi connectivity index (χ1v) is 5.84. The summed E-state index contributed by atoms with van der Waals surface area (Å²) in [7, 11) is 0. The number of hydrogen-bond acceptors (Lipinski definition) is 2. The van der Waals surface area contributed by atoms with Gasteiger partial charge in [-0.3, -0.25) is 0 Å². The Bertz CT molecular complexity index is 349. The fourth-order valence-corrected chi connectivity index (χ4v) is 1.77. The van der Waals surface area contributed by atoms with Gasteiger partial charge in [0.1, 0.15) is 17.7 Å². The first-order chi connectivity index (χ1) is 8.10. The Labute approximate surface area is 100 Å². The minimum absolute atomic E-state index is 0.0818. The van der Waals surface area contributed by atoms with Gasteiger partial charge in [-0.1, -0.05) is 19.4 Å². The first kappa shape index (κ1) is 14.1.